The third kappa shape index (κ3) is 3.81. The number of morpholine rings is 1. The van der Waals surface area contributed by atoms with Gasteiger partial charge in [-0.25, -0.2) is 4.98 Å². The Hall–Kier alpha value is -3.84. The van der Waals surface area contributed by atoms with Gasteiger partial charge in [-0.3, -0.25) is 4.79 Å². The Morgan fingerprint density at radius 1 is 1.09 bits per heavy atom. The fourth-order valence-electron chi connectivity index (χ4n) is 4.59. The van der Waals surface area contributed by atoms with Gasteiger partial charge in [0.05, 0.1) is 31.6 Å². The molecule has 0 saturated carbocycles. The molecular formula is C26H25N5O2. The van der Waals surface area contributed by atoms with E-state index in [1.54, 1.807) is 10.6 Å². The van der Waals surface area contributed by atoms with Crippen molar-refractivity contribution in [2.24, 2.45) is 0 Å². The Bertz CT molecular complexity index is 1410. The molecule has 2 aliphatic heterocycles. The summed E-state index contributed by atoms with van der Waals surface area (Å²) < 4.78 is 7.22. The highest BCUT2D eigenvalue weighted by Gasteiger charge is 2.15. The van der Waals surface area contributed by atoms with Crippen molar-refractivity contribution in [3.8, 4) is 11.1 Å². The van der Waals surface area contributed by atoms with Crippen LogP contribution in [-0.2, 0) is 11.3 Å². The molecule has 1 aromatic carbocycles. The average Bonchev–Trinajstić information content (AvgIpc) is 3.29. The first-order valence-corrected chi connectivity index (χ1v) is 11.3. The molecule has 1 saturated heterocycles. The van der Waals surface area contributed by atoms with E-state index in [4.69, 9.17) is 4.74 Å². The number of ether oxygens (including phenoxy) is 1. The maximum Gasteiger partial charge on any atom is 0.251 e. The third-order valence-electron chi connectivity index (χ3n) is 6.38. The normalized spacial score (nSPS) is 15.5. The predicted octanol–water partition coefficient (Wildman–Crippen LogP) is 3.72. The molecule has 0 radical (unpaired) electrons. The molecule has 0 bridgehead atoms. The molecule has 166 valence electrons. The molecule has 33 heavy (non-hydrogen) atoms. The summed E-state index contributed by atoms with van der Waals surface area (Å²) >= 11 is 0. The van der Waals surface area contributed by atoms with Gasteiger partial charge in [0.2, 0.25) is 0 Å². The summed E-state index contributed by atoms with van der Waals surface area (Å²) in [6.07, 6.45) is 9.94. The zero-order valence-corrected chi connectivity index (χ0v) is 18.3. The van der Waals surface area contributed by atoms with E-state index in [-0.39, 0.29) is 5.56 Å². The van der Waals surface area contributed by atoms with Crippen molar-refractivity contribution in [2.45, 2.75) is 6.54 Å². The topological polar surface area (TPSA) is 75.2 Å². The molecule has 7 heteroatoms. The van der Waals surface area contributed by atoms with Crippen LogP contribution in [0.1, 0.15) is 11.1 Å². The van der Waals surface area contributed by atoms with Crippen LogP contribution in [0.4, 0.5) is 11.4 Å². The van der Waals surface area contributed by atoms with E-state index in [0.29, 0.717) is 6.54 Å². The van der Waals surface area contributed by atoms with Crippen LogP contribution < -0.4 is 15.8 Å². The molecule has 6 rings (SSSR count). The smallest absolute Gasteiger partial charge is 0.251 e. The Morgan fingerprint density at radius 3 is 2.88 bits per heavy atom. The van der Waals surface area contributed by atoms with E-state index < -0.39 is 0 Å². The minimum atomic E-state index is -0.0227. The molecule has 0 amide bonds. The van der Waals surface area contributed by atoms with E-state index in [2.05, 4.69) is 56.6 Å². The number of aromatic amines is 1. The Kier molecular flexibility index (Phi) is 4.96. The lowest BCUT2D eigenvalue weighted by atomic mass is 10.0. The fourth-order valence-corrected chi connectivity index (χ4v) is 4.59. The molecule has 0 atom stereocenters. The Labute approximate surface area is 191 Å². The Morgan fingerprint density at radius 2 is 2.00 bits per heavy atom. The number of hydrogen-bond acceptors (Lipinski definition) is 5. The fraction of sp³-hybridized carbons (Fsp3) is 0.231. The minimum Gasteiger partial charge on any atom is -0.381 e. The first-order valence-electron chi connectivity index (χ1n) is 11.3. The van der Waals surface area contributed by atoms with Crippen LogP contribution in [0.15, 0.2) is 65.9 Å². The highest BCUT2D eigenvalue weighted by atomic mass is 16.5. The van der Waals surface area contributed by atoms with Crippen LogP contribution in [0.5, 0.6) is 0 Å². The van der Waals surface area contributed by atoms with E-state index in [0.717, 1.165) is 77.5 Å². The van der Waals surface area contributed by atoms with Crippen LogP contribution >= 0.6 is 0 Å². The summed E-state index contributed by atoms with van der Waals surface area (Å²) in [6, 6.07) is 12.2. The molecule has 2 aliphatic rings. The number of hydrogen-bond donors (Lipinski definition) is 2. The SMILES string of the molecule is O=c1cc(-c2c[nH]c3ncc(N4CCOCC4)cc23)ccn1Cc1ccc2c(c1)C=CCN2. The second kappa shape index (κ2) is 8.26. The molecule has 7 nitrogen and oxygen atoms in total. The molecule has 1 fully saturated rings. The lowest BCUT2D eigenvalue weighted by Crippen LogP contribution is -2.36. The number of anilines is 2. The van der Waals surface area contributed by atoms with Crippen molar-refractivity contribution in [3.63, 3.8) is 0 Å². The zero-order chi connectivity index (χ0) is 22.2. The number of nitrogens with zero attached hydrogens (tertiary/aromatic N) is 3. The first-order chi connectivity index (χ1) is 16.2. The molecule has 2 N–H and O–H groups in total. The van der Waals surface area contributed by atoms with E-state index in [1.807, 2.05) is 24.7 Å². The Balaban J connectivity index is 1.30. The molecule has 0 spiro atoms. The van der Waals surface area contributed by atoms with E-state index >= 15 is 0 Å². The average molecular weight is 440 g/mol. The van der Waals surface area contributed by atoms with Gasteiger partial charge < -0.3 is 24.5 Å². The minimum absolute atomic E-state index is 0.0227. The van der Waals surface area contributed by atoms with Crippen molar-refractivity contribution in [3.05, 3.63) is 82.5 Å². The molecular weight excluding hydrogens is 414 g/mol. The molecule has 0 aliphatic carbocycles. The van der Waals surface area contributed by atoms with Crippen LogP contribution in [0.2, 0.25) is 0 Å². The maximum absolute atomic E-state index is 13.0. The largest absolute Gasteiger partial charge is 0.381 e. The second-order valence-corrected chi connectivity index (χ2v) is 8.48. The lowest BCUT2D eigenvalue weighted by Gasteiger charge is -2.28. The van der Waals surface area contributed by atoms with Crippen LogP contribution in [0, 0.1) is 0 Å². The summed E-state index contributed by atoms with van der Waals surface area (Å²) in [5.41, 5.74) is 7.15. The quantitative estimate of drug-likeness (QED) is 0.507. The van der Waals surface area contributed by atoms with Crippen LogP contribution in [-0.4, -0.2) is 47.4 Å². The number of rotatable bonds is 4. The van der Waals surface area contributed by atoms with Gasteiger partial charge in [-0.05, 0) is 41.0 Å². The highest BCUT2D eigenvalue weighted by Crippen LogP contribution is 2.30. The summed E-state index contributed by atoms with van der Waals surface area (Å²) in [5, 5.41) is 4.37. The van der Waals surface area contributed by atoms with Crippen molar-refractivity contribution in [1.82, 2.24) is 14.5 Å². The van der Waals surface area contributed by atoms with E-state index in [1.165, 1.54) is 0 Å². The number of fused-ring (bicyclic) bond motifs is 2. The van der Waals surface area contributed by atoms with Crippen molar-refractivity contribution >= 4 is 28.5 Å². The van der Waals surface area contributed by atoms with Gasteiger partial charge in [-0.2, -0.15) is 0 Å². The van der Waals surface area contributed by atoms with E-state index in [9.17, 15) is 4.79 Å². The number of pyridine rings is 2. The third-order valence-corrected chi connectivity index (χ3v) is 6.38. The summed E-state index contributed by atoms with van der Waals surface area (Å²) in [4.78, 5) is 23.1. The van der Waals surface area contributed by atoms with Gasteiger partial charge in [-0.1, -0.05) is 18.2 Å². The van der Waals surface area contributed by atoms with Gasteiger partial charge in [0, 0.05) is 54.7 Å². The molecule has 5 heterocycles. The van der Waals surface area contributed by atoms with Gasteiger partial charge in [0.1, 0.15) is 5.65 Å². The predicted molar refractivity (Wildman–Crippen MR) is 132 cm³/mol. The van der Waals surface area contributed by atoms with Gasteiger partial charge in [-0.15, -0.1) is 0 Å². The van der Waals surface area contributed by atoms with Gasteiger partial charge >= 0.3 is 0 Å². The van der Waals surface area contributed by atoms with Crippen molar-refractivity contribution in [1.29, 1.82) is 0 Å². The maximum atomic E-state index is 13.0. The standard InChI is InChI=1S/C26H25N5O2/c32-25-13-19(5-7-31(25)17-18-3-4-24-20(12-18)2-1-6-27-24)23-16-29-26-22(23)14-21(15-28-26)30-8-10-33-11-9-30/h1-5,7,12-16,27H,6,8-11,17H2,(H,28,29). The van der Waals surface area contributed by atoms with Crippen molar-refractivity contribution < 1.29 is 4.74 Å². The van der Waals surface area contributed by atoms with Gasteiger partial charge in [0.25, 0.3) is 5.56 Å². The lowest BCUT2D eigenvalue weighted by molar-refractivity contribution is 0.122. The van der Waals surface area contributed by atoms with Crippen LogP contribution in [0.3, 0.4) is 0 Å². The molecule has 0 unspecified atom stereocenters. The first kappa shape index (κ1) is 19.8. The summed E-state index contributed by atoms with van der Waals surface area (Å²) in [5.74, 6) is 0. The number of benzene rings is 1. The van der Waals surface area contributed by atoms with Gasteiger partial charge in [0.15, 0.2) is 0 Å². The summed E-state index contributed by atoms with van der Waals surface area (Å²) in [7, 11) is 0. The van der Waals surface area contributed by atoms with Crippen molar-refractivity contribution in [2.75, 3.05) is 43.1 Å². The highest BCUT2D eigenvalue weighted by molar-refractivity contribution is 5.95. The number of nitrogens with one attached hydrogen (secondary N) is 2. The zero-order valence-electron chi connectivity index (χ0n) is 18.3. The monoisotopic (exact) mass is 439 g/mol. The number of aromatic nitrogens is 3. The summed E-state index contributed by atoms with van der Waals surface area (Å²) in [6.45, 7) is 4.57. The second-order valence-electron chi connectivity index (χ2n) is 8.48. The molecule has 4 aromatic rings. The number of H-pyrrole nitrogens is 1. The molecule has 3 aromatic heterocycles. The van der Waals surface area contributed by atoms with Crippen LogP contribution in [0.25, 0.3) is 28.2 Å².